The maximum Gasteiger partial charge on any atom is 0.240 e. The van der Waals surface area contributed by atoms with Crippen LogP contribution in [0.5, 0.6) is 5.75 Å². The predicted molar refractivity (Wildman–Crippen MR) is 103 cm³/mol. The van der Waals surface area contributed by atoms with Crippen LogP contribution in [-0.4, -0.2) is 39.4 Å². The monoisotopic (exact) mass is 388 g/mol. The highest BCUT2D eigenvalue weighted by molar-refractivity contribution is 7.89. The Hall–Kier alpha value is -2.38. The van der Waals surface area contributed by atoms with Gasteiger partial charge in [0.2, 0.25) is 15.9 Å². The summed E-state index contributed by atoms with van der Waals surface area (Å²) in [5.74, 6) is 0.744. The number of carbonyl (C=O) groups excluding carboxylic acids is 1. The van der Waals surface area contributed by atoms with Crippen molar-refractivity contribution in [2.45, 2.75) is 30.2 Å². The minimum Gasteiger partial charge on any atom is -0.497 e. The summed E-state index contributed by atoms with van der Waals surface area (Å²) in [5, 5.41) is 0. The molecule has 0 radical (unpaired) electrons. The van der Waals surface area contributed by atoms with Crippen LogP contribution < -0.4 is 9.46 Å². The van der Waals surface area contributed by atoms with Gasteiger partial charge in [0.25, 0.3) is 0 Å². The van der Waals surface area contributed by atoms with Crippen molar-refractivity contribution in [3.05, 3.63) is 60.2 Å². The molecule has 7 heteroatoms. The lowest BCUT2D eigenvalue weighted by Gasteiger charge is -2.25. The van der Waals surface area contributed by atoms with Gasteiger partial charge in [0.1, 0.15) is 5.75 Å². The zero-order valence-electron chi connectivity index (χ0n) is 15.3. The van der Waals surface area contributed by atoms with Gasteiger partial charge in [0.15, 0.2) is 0 Å². The van der Waals surface area contributed by atoms with Crippen LogP contribution in [0.25, 0.3) is 0 Å². The molecule has 0 aromatic heterocycles. The van der Waals surface area contributed by atoms with E-state index in [0.29, 0.717) is 6.54 Å². The van der Waals surface area contributed by atoms with E-state index < -0.39 is 10.0 Å². The van der Waals surface area contributed by atoms with Crippen molar-refractivity contribution in [3.63, 3.8) is 0 Å². The van der Waals surface area contributed by atoms with Gasteiger partial charge in [-0.1, -0.05) is 30.3 Å². The van der Waals surface area contributed by atoms with Crippen LogP contribution in [0.4, 0.5) is 0 Å². The molecule has 2 aromatic rings. The number of hydrogen-bond donors (Lipinski definition) is 1. The van der Waals surface area contributed by atoms with E-state index in [0.717, 1.165) is 24.2 Å². The zero-order valence-corrected chi connectivity index (χ0v) is 16.1. The van der Waals surface area contributed by atoms with Crippen molar-refractivity contribution >= 4 is 15.9 Å². The van der Waals surface area contributed by atoms with Gasteiger partial charge in [-0.2, -0.15) is 0 Å². The first-order valence-corrected chi connectivity index (χ1v) is 10.5. The number of ether oxygens (including phenoxy) is 1. The number of methoxy groups -OCH3 is 1. The minimum atomic E-state index is -3.59. The van der Waals surface area contributed by atoms with E-state index in [9.17, 15) is 13.2 Å². The molecule has 0 spiro atoms. The number of carbonyl (C=O) groups is 1. The van der Waals surface area contributed by atoms with Crippen molar-refractivity contribution in [1.29, 1.82) is 0 Å². The molecule has 3 rings (SSSR count). The summed E-state index contributed by atoms with van der Waals surface area (Å²) in [6.07, 6.45) is 1.99. The van der Waals surface area contributed by atoms with Gasteiger partial charge in [-0.25, -0.2) is 13.1 Å². The number of amides is 1. The third kappa shape index (κ3) is 4.67. The number of nitrogens with zero attached hydrogens (tertiary/aromatic N) is 1. The van der Waals surface area contributed by atoms with Gasteiger partial charge in [-0.05, 0) is 42.7 Å². The number of nitrogens with one attached hydrogen (secondary N) is 1. The summed E-state index contributed by atoms with van der Waals surface area (Å²) in [7, 11) is -1.97. The molecule has 1 aliphatic rings. The van der Waals surface area contributed by atoms with E-state index in [1.807, 2.05) is 29.2 Å². The fraction of sp³-hybridized carbons (Fsp3) is 0.350. The Morgan fingerprint density at radius 2 is 1.85 bits per heavy atom. The Morgan fingerprint density at radius 1 is 1.15 bits per heavy atom. The van der Waals surface area contributed by atoms with Gasteiger partial charge in [-0.15, -0.1) is 0 Å². The van der Waals surface area contributed by atoms with Crippen molar-refractivity contribution < 1.29 is 17.9 Å². The lowest BCUT2D eigenvalue weighted by Crippen LogP contribution is -2.34. The van der Waals surface area contributed by atoms with E-state index in [2.05, 4.69) is 4.72 Å². The molecule has 0 saturated carbocycles. The molecule has 6 nitrogen and oxygen atoms in total. The highest BCUT2D eigenvalue weighted by Gasteiger charge is 2.29. The van der Waals surface area contributed by atoms with Crippen LogP contribution in [-0.2, 0) is 14.8 Å². The number of sulfonamides is 1. The van der Waals surface area contributed by atoms with E-state index in [4.69, 9.17) is 4.74 Å². The molecule has 0 bridgehead atoms. The molecule has 1 N–H and O–H groups in total. The predicted octanol–water partition coefficient (Wildman–Crippen LogP) is 2.73. The molecule has 1 heterocycles. The van der Waals surface area contributed by atoms with E-state index in [1.54, 1.807) is 25.3 Å². The average molecular weight is 388 g/mol. The Labute approximate surface area is 160 Å². The second kappa shape index (κ2) is 8.54. The molecule has 144 valence electrons. The normalized spacial score (nSPS) is 17.1. The lowest BCUT2D eigenvalue weighted by atomic mass is 10.0. The smallest absolute Gasteiger partial charge is 0.240 e. The van der Waals surface area contributed by atoms with Crippen LogP contribution in [0.1, 0.15) is 30.9 Å². The second-order valence-electron chi connectivity index (χ2n) is 6.48. The van der Waals surface area contributed by atoms with Gasteiger partial charge in [0.05, 0.1) is 18.0 Å². The van der Waals surface area contributed by atoms with Crippen LogP contribution in [0, 0.1) is 0 Å². The van der Waals surface area contributed by atoms with Crippen molar-refractivity contribution in [3.8, 4) is 5.75 Å². The Bertz CT molecular complexity index is 867. The van der Waals surface area contributed by atoms with Crippen LogP contribution >= 0.6 is 0 Å². The van der Waals surface area contributed by atoms with Gasteiger partial charge < -0.3 is 9.64 Å². The summed E-state index contributed by atoms with van der Waals surface area (Å²) in [6, 6.07) is 15.9. The van der Waals surface area contributed by atoms with Gasteiger partial charge >= 0.3 is 0 Å². The molecular weight excluding hydrogens is 364 g/mol. The number of likely N-dealkylation sites (tertiary alicyclic amines) is 1. The van der Waals surface area contributed by atoms with E-state index in [-0.39, 0.29) is 29.8 Å². The average Bonchev–Trinajstić information content (AvgIpc) is 3.18. The lowest BCUT2D eigenvalue weighted by molar-refractivity contribution is -0.131. The summed E-state index contributed by atoms with van der Waals surface area (Å²) in [4.78, 5) is 14.7. The first-order chi connectivity index (χ1) is 13.0. The Kier molecular flexibility index (Phi) is 6.13. The number of hydrogen-bond acceptors (Lipinski definition) is 4. The number of benzene rings is 2. The molecule has 1 aliphatic heterocycles. The van der Waals surface area contributed by atoms with Crippen molar-refractivity contribution in [2.75, 3.05) is 20.2 Å². The molecule has 1 amide bonds. The molecule has 1 saturated heterocycles. The molecular formula is C20H24N2O4S. The molecule has 1 fully saturated rings. The second-order valence-corrected chi connectivity index (χ2v) is 8.25. The zero-order chi connectivity index (χ0) is 19.3. The van der Waals surface area contributed by atoms with Crippen LogP contribution in [0.3, 0.4) is 0 Å². The first kappa shape index (κ1) is 19.4. The highest BCUT2D eigenvalue weighted by Crippen LogP contribution is 2.33. The SMILES string of the molecule is COc1ccc(C2CCCN2C(=O)CCNS(=O)(=O)c2ccccc2)cc1. The van der Waals surface area contributed by atoms with Crippen LogP contribution in [0.15, 0.2) is 59.5 Å². The standard InChI is InChI=1S/C20H24N2O4S/c1-26-17-11-9-16(10-12-17)19-8-5-15-22(19)20(23)13-14-21-27(24,25)18-6-3-2-4-7-18/h2-4,6-7,9-12,19,21H,5,8,13-15H2,1H3. The summed E-state index contributed by atoms with van der Waals surface area (Å²) < 4.78 is 32.2. The first-order valence-electron chi connectivity index (χ1n) is 8.99. The maximum absolute atomic E-state index is 12.6. The minimum absolute atomic E-state index is 0.0362. The van der Waals surface area contributed by atoms with Gasteiger partial charge in [0, 0.05) is 19.5 Å². The third-order valence-corrected chi connectivity index (χ3v) is 6.24. The Balaban J connectivity index is 1.58. The van der Waals surface area contributed by atoms with Crippen LogP contribution in [0.2, 0.25) is 0 Å². The molecule has 1 unspecified atom stereocenters. The summed E-state index contributed by atoms with van der Waals surface area (Å²) in [6.45, 7) is 0.781. The quantitative estimate of drug-likeness (QED) is 0.791. The number of rotatable bonds is 7. The maximum atomic E-state index is 12.6. The van der Waals surface area contributed by atoms with Crippen molar-refractivity contribution in [1.82, 2.24) is 9.62 Å². The largest absolute Gasteiger partial charge is 0.497 e. The molecule has 2 aromatic carbocycles. The summed E-state index contributed by atoms with van der Waals surface area (Å²) >= 11 is 0. The Morgan fingerprint density at radius 3 is 2.52 bits per heavy atom. The van der Waals surface area contributed by atoms with E-state index >= 15 is 0 Å². The fourth-order valence-corrected chi connectivity index (χ4v) is 4.41. The van der Waals surface area contributed by atoms with Gasteiger partial charge in [-0.3, -0.25) is 4.79 Å². The molecule has 0 aliphatic carbocycles. The van der Waals surface area contributed by atoms with E-state index in [1.165, 1.54) is 12.1 Å². The fourth-order valence-electron chi connectivity index (χ4n) is 3.36. The molecule has 27 heavy (non-hydrogen) atoms. The molecule has 1 atom stereocenters. The third-order valence-electron chi connectivity index (χ3n) is 4.76. The topological polar surface area (TPSA) is 75.7 Å². The summed E-state index contributed by atoms with van der Waals surface area (Å²) in [5.41, 5.74) is 1.08. The highest BCUT2D eigenvalue weighted by atomic mass is 32.2. The van der Waals surface area contributed by atoms with Crippen molar-refractivity contribution in [2.24, 2.45) is 0 Å².